The fourth-order valence-electron chi connectivity index (χ4n) is 3.09. The fourth-order valence-corrected chi connectivity index (χ4v) is 4.38. The topological polar surface area (TPSA) is 118 Å². The van der Waals surface area contributed by atoms with Crippen LogP contribution in [0.5, 0.6) is 5.75 Å². The van der Waals surface area contributed by atoms with E-state index in [2.05, 4.69) is 27.4 Å². The van der Waals surface area contributed by atoms with Crippen molar-refractivity contribution in [2.45, 2.75) is 17.7 Å². The van der Waals surface area contributed by atoms with E-state index < -0.39 is 18.6 Å². The van der Waals surface area contributed by atoms with Gasteiger partial charge in [-0.15, -0.1) is 16.8 Å². The first-order chi connectivity index (χ1) is 16.8. The molecule has 2 amide bonds. The van der Waals surface area contributed by atoms with E-state index in [0.29, 0.717) is 44.6 Å². The summed E-state index contributed by atoms with van der Waals surface area (Å²) in [6.07, 6.45) is 1.63. The molecule has 1 heterocycles. The number of amides is 2. The van der Waals surface area contributed by atoms with Gasteiger partial charge in [-0.1, -0.05) is 41.0 Å². The van der Waals surface area contributed by atoms with Crippen LogP contribution in [0, 0.1) is 0 Å². The molecule has 1 aromatic heterocycles. The Kier molecular flexibility index (Phi) is 9.55. The Bertz CT molecular complexity index is 1180. The molecule has 9 nitrogen and oxygen atoms in total. The number of aromatic nitrogens is 3. The van der Waals surface area contributed by atoms with Crippen molar-refractivity contribution in [1.82, 2.24) is 20.1 Å². The number of hydrogen-bond donors (Lipinski definition) is 3. The molecule has 0 radical (unpaired) electrons. The second kappa shape index (κ2) is 12.6. The lowest BCUT2D eigenvalue weighted by atomic mass is 10.2. The molecule has 2 aromatic carbocycles. The standard InChI is InChI=1S/C23H23Cl2N5O4S/c1-3-8-30-21(19(12-31)27-22(33)14-4-6-18(34-2)7-5-14)28-29-23(30)35-13-20(32)26-17-10-15(24)9-16(25)11-17/h3-7,9-11,19,31H,1,8,12-13H2,2H3,(H,26,32)(H,27,33)/t19-/m1/s1. The number of nitrogens with zero attached hydrogens (tertiary/aromatic N) is 3. The number of thioether (sulfide) groups is 1. The summed E-state index contributed by atoms with van der Waals surface area (Å²) in [7, 11) is 1.54. The highest BCUT2D eigenvalue weighted by atomic mass is 35.5. The van der Waals surface area contributed by atoms with E-state index >= 15 is 0 Å². The first kappa shape index (κ1) is 26.6. The van der Waals surface area contributed by atoms with Gasteiger partial charge < -0.3 is 25.0 Å². The van der Waals surface area contributed by atoms with Crippen molar-refractivity contribution in [3.63, 3.8) is 0 Å². The van der Waals surface area contributed by atoms with Crippen molar-refractivity contribution in [2.75, 3.05) is 24.8 Å². The number of allylic oxidation sites excluding steroid dienone is 1. The molecule has 0 saturated heterocycles. The minimum atomic E-state index is -0.825. The molecular formula is C23H23Cl2N5O4S. The summed E-state index contributed by atoms with van der Waals surface area (Å²) in [5.74, 6) is 0.290. The van der Waals surface area contributed by atoms with Gasteiger partial charge in [0, 0.05) is 27.8 Å². The molecule has 0 unspecified atom stereocenters. The van der Waals surface area contributed by atoms with E-state index in [1.807, 2.05) is 0 Å². The van der Waals surface area contributed by atoms with Crippen molar-refractivity contribution < 1.29 is 19.4 Å². The Labute approximate surface area is 216 Å². The molecule has 0 bridgehead atoms. The van der Waals surface area contributed by atoms with E-state index in [-0.39, 0.29) is 11.7 Å². The Balaban J connectivity index is 1.70. The number of carbonyl (C=O) groups excluding carboxylic acids is 2. The Morgan fingerprint density at radius 3 is 2.49 bits per heavy atom. The molecule has 35 heavy (non-hydrogen) atoms. The number of methoxy groups -OCH3 is 1. The second-order valence-electron chi connectivity index (χ2n) is 7.17. The van der Waals surface area contributed by atoms with Gasteiger partial charge in [0.1, 0.15) is 11.8 Å². The first-order valence-corrected chi connectivity index (χ1v) is 12.1. The zero-order chi connectivity index (χ0) is 25.4. The van der Waals surface area contributed by atoms with Gasteiger partial charge >= 0.3 is 0 Å². The minimum absolute atomic E-state index is 0.0292. The molecule has 0 fully saturated rings. The van der Waals surface area contributed by atoms with Gasteiger partial charge in [0.05, 0.1) is 19.5 Å². The summed E-state index contributed by atoms with van der Waals surface area (Å²) in [5, 5.41) is 25.0. The second-order valence-corrected chi connectivity index (χ2v) is 8.99. The highest BCUT2D eigenvalue weighted by Crippen LogP contribution is 2.24. The number of aliphatic hydroxyl groups is 1. The van der Waals surface area contributed by atoms with Crippen LogP contribution in [0.4, 0.5) is 5.69 Å². The Morgan fingerprint density at radius 1 is 1.20 bits per heavy atom. The average Bonchev–Trinajstić information content (AvgIpc) is 3.23. The van der Waals surface area contributed by atoms with Gasteiger partial charge in [-0.3, -0.25) is 9.59 Å². The van der Waals surface area contributed by atoms with Crippen LogP contribution in [-0.4, -0.2) is 51.2 Å². The van der Waals surface area contributed by atoms with Crippen LogP contribution in [0.2, 0.25) is 10.0 Å². The van der Waals surface area contributed by atoms with Gasteiger partial charge in [-0.25, -0.2) is 0 Å². The van der Waals surface area contributed by atoms with Crippen molar-refractivity contribution in [1.29, 1.82) is 0 Å². The van der Waals surface area contributed by atoms with Gasteiger partial charge in [0.25, 0.3) is 5.91 Å². The summed E-state index contributed by atoms with van der Waals surface area (Å²) in [5.41, 5.74) is 0.870. The van der Waals surface area contributed by atoms with E-state index in [0.717, 1.165) is 11.8 Å². The predicted molar refractivity (Wildman–Crippen MR) is 136 cm³/mol. The number of benzene rings is 2. The number of ether oxygens (including phenoxy) is 1. The van der Waals surface area contributed by atoms with Crippen LogP contribution in [0.3, 0.4) is 0 Å². The molecule has 0 aliphatic rings. The maximum absolute atomic E-state index is 12.7. The molecule has 184 valence electrons. The van der Waals surface area contributed by atoms with Gasteiger partial charge in [-0.2, -0.15) is 0 Å². The molecule has 0 spiro atoms. The highest BCUT2D eigenvalue weighted by Gasteiger charge is 2.23. The lowest BCUT2D eigenvalue weighted by molar-refractivity contribution is -0.113. The molecule has 3 N–H and O–H groups in total. The normalized spacial score (nSPS) is 11.5. The van der Waals surface area contributed by atoms with Crippen molar-refractivity contribution in [3.05, 3.63) is 76.6 Å². The molecule has 0 aliphatic carbocycles. The quantitative estimate of drug-likeness (QED) is 0.251. The summed E-state index contributed by atoms with van der Waals surface area (Å²) in [6, 6.07) is 10.5. The van der Waals surface area contributed by atoms with E-state index in [9.17, 15) is 14.7 Å². The third-order valence-corrected chi connectivity index (χ3v) is 6.09. The third-order valence-electron chi connectivity index (χ3n) is 4.69. The van der Waals surface area contributed by atoms with Crippen molar-refractivity contribution in [2.24, 2.45) is 0 Å². The SMILES string of the molecule is C=CCn1c(SCC(=O)Nc2cc(Cl)cc(Cl)c2)nnc1[C@@H](CO)NC(=O)c1ccc(OC)cc1. The van der Waals surface area contributed by atoms with E-state index in [4.69, 9.17) is 27.9 Å². The van der Waals surface area contributed by atoms with E-state index in [1.54, 1.807) is 53.1 Å². The number of nitrogens with one attached hydrogen (secondary N) is 2. The van der Waals surface area contributed by atoms with Crippen LogP contribution >= 0.6 is 35.0 Å². The summed E-state index contributed by atoms with van der Waals surface area (Å²) in [6.45, 7) is 3.65. The third kappa shape index (κ3) is 7.22. The lowest BCUT2D eigenvalue weighted by Crippen LogP contribution is -2.33. The zero-order valence-electron chi connectivity index (χ0n) is 18.7. The average molecular weight is 536 g/mol. The summed E-state index contributed by atoms with van der Waals surface area (Å²) < 4.78 is 6.78. The summed E-state index contributed by atoms with van der Waals surface area (Å²) >= 11 is 13.1. The lowest BCUT2D eigenvalue weighted by Gasteiger charge is -2.17. The number of aliphatic hydroxyl groups excluding tert-OH is 1. The largest absolute Gasteiger partial charge is 0.497 e. The zero-order valence-corrected chi connectivity index (χ0v) is 21.0. The number of halogens is 2. The Morgan fingerprint density at radius 2 is 1.89 bits per heavy atom. The molecule has 3 aromatic rings. The maximum atomic E-state index is 12.7. The predicted octanol–water partition coefficient (Wildman–Crippen LogP) is 3.97. The molecule has 1 atom stereocenters. The minimum Gasteiger partial charge on any atom is -0.497 e. The maximum Gasteiger partial charge on any atom is 0.251 e. The smallest absolute Gasteiger partial charge is 0.251 e. The molecule has 12 heteroatoms. The van der Waals surface area contributed by atoms with Crippen LogP contribution in [-0.2, 0) is 11.3 Å². The van der Waals surface area contributed by atoms with Gasteiger partial charge in [0.2, 0.25) is 5.91 Å². The van der Waals surface area contributed by atoms with Crippen molar-refractivity contribution in [3.8, 4) is 5.75 Å². The van der Waals surface area contributed by atoms with Gasteiger partial charge in [0.15, 0.2) is 11.0 Å². The van der Waals surface area contributed by atoms with E-state index in [1.165, 1.54) is 7.11 Å². The van der Waals surface area contributed by atoms with Crippen LogP contribution in [0.15, 0.2) is 60.3 Å². The van der Waals surface area contributed by atoms with Gasteiger partial charge in [-0.05, 0) is 42.5 Å². The number of carbonyl (C=O) groups is 2. The number of hydrogen-bond acceptors (Lipinski definition) is 7. The number of rotatable bonds is 11. The molecular weight excluding hydrogens is 513 g/mol. The van der Waals surface area contributed by atoms with Crippen LogP contribution in [0.25, 0.3) is 0 Å². The first-order valence-electron chi connectivity index (χ1n) is 10.3. The fraction of sp³-hybridized carbons (Fsp3) is 0.217. The molecule has 0 saturated carbocycles. The monoisotopic (exact) mass is 535 g/mol. The Hall–Kier alpha value is -3.05. The molecule has 3 rings (SSSR count). The van der Waals surface area contributed by atoms with Crippen LogP contribution in [0.1, 0.15) is 22.2 Å². The van der Waals surface area contributed by atoms with Crippen LogP contribution < -0.4 is 15.4 Å². The van der Waals surface area contributed by atoms with Crippen molar-refractivity contribution >= 4 is 52.5 Å². The highest BCUT2D eigenvalue weighted by molar-refractivity contribution is 7.99. The number of anilines is 1. The summed E-state index contributed by atoms with van der Waals surface area (Å²) in [4.78, 5) is 25.1. The molecule has 0 aliphatic heterocycles.